The summed E-state index contributed by atoms with van der Waals surface area (Å²) in [4.78, 5) is 41.4. The van der Waals surface area contributed by atoms with Gasteiger partial charge in [-0.3, -0.25) is 9.59 Å². The number of carbonyl (C=O) groups is 3. The molecule has 0 aromatic rings. The topological polar surface area (TPSA) is 138 Å². The lowest BCUT2D eigenvalue weighted by molar-refractivity contribution is -0.332. The van der Waals surface area contributed by atoms with Gasteiger partial charge in [0.2, 0.25) is 6.10 Å². The quantitative estimate of drug-likeness (QED) is 0.263. The standard InChI is InChI=1S/C34H56O10Si2/c1-13-32(39,18(2)3)16-24(36)42-26-25-20(5)27(37)34(44-46(10,11)12)30-31(6)21(15-23(41-29(26)38)33(25,30)17-40-34)19(4)14-22(35)28(31)43-45(7,8)9/h14,18,20-21,23,25-28,30,37,39H,13,15-17H2,1-12H3/t20-,21+,23-,25-,26-,27-,28-,30-,31-,32+,33+,34-/m1/s1. The minimum Gasteiger partial charge on any atom is -0.459 e. The van der Waals surface area contributed by atoms with Crippen molar-refractivity contribution in [3.8, 4) is 0 Å². The number of aliphatic hydroxyl groups excluding tert-OH is 1. The van der Waals surface area contributed by atoms with Crippen LogP contribution in [0.5, 0.6) is 0 Å². The van der Waals surface area contributed by atoms with Gasteiger partial charge < -0.3 is 33.3 Å². The van der Waals surface area contributed by atoms with Crippen molar-refractivity contribution in [1.29, 1.82) is 0 Å². The molecule has 0 aromatic heterocycles. The molecule has 2 saturated carbocycles. The largest absolute Gasteiger partial charge is 0.459 e. The van der Waals surface area contributed by atoms with Gasteiger partial charge in [0.05, 0.1) is 18.6 Å². The first-order valence-electron chi connectivity index (χ1n) is 17.0. The molecule has 2 heterocycles. The van der Waals surface area contributed by atoms with Crippen molar-refractivity contribution in [2.75, 3.05) is 6.61 Å². The number of fused-ring (bicyclic) bond motifs is 1. The fourth-order valence-corrected chi connectivity index (χ4v) is 12.3. The van der Waals surface area contributed by atoms with E-state index < -0.39 is 93.0 Å². The monoisotopic (exact) mass is 680 g/mol. The highest BCUT2D eigenvalue weighted by Gasteiger charge is 2.84. The van der Waals surface area contributed by atoms with Gasteiger partial charge in [-0.15, -0.1) is 0 Å². The van der Waals surface area contributed by atoms with E-state index >= 15 is 0 Å². The zero-order chi connectivity index (χ0) is 34.6. The van der Waals surface area contributed by atoms with Gasteiger partial charge in [-0.05, 0) is 82.9 Å². The Balaban J connectivity index is 1.70. The van der Waals surface area contributed by atoms with Crippen LogP contribution in [0.2, 0.25) is 39.3 Å². The molecule has 0 unspecified atom stereocenters. The first-order chi connectivity index (χ1) is 21.0. The van der Waals surface area contributed by atoms with Gasteiger partial charge in [0.25, 0.3) is 0 Å². The minimum atomic E-state index is -2.43. The van der Waals surface area contributed by atoms with Crippen molar-refractivity contribution in [1.82, 2.24) is 0 Å². The predicted molar refractivity (Wildman–Crippen MR) is 175 cm³/mol. The second-order valence-corrected chi connectivity index (χ2v) is 26.2. The number of ether oxygens (including phenoxy) is 3. The van der Waals surface area contributed by atoms with E-state index in [0.717, 1.165) is 5.57 Å². The van der Waals surface area contributed by atoms with E-state index in [1.54, 1.807) is 6.08 Å². The van der Waals surface area contributed by atoms with Crippen LogP contribution < -0.4 is 0 Å². The molecule has 12 heteroatoms. The Morgan fingerprint density at radius 1 is 1.15 bits per heavy atom. The number of carbonyl (C=O) groups excluding carboxylic acids is 3. The lowest BCUT2D eigenvalue weighted by Gasteiger charge is -2.69. The lowest BCUT2D eigenvalue weighted by atomic mass is 9.38. The van der Waals surface area contributed by atoms with Crippen molar-refractivity contribution in [2.45, 2.75) is 136 Å². The summed E-state index contributed by atoms with van der Waals surface area (Å²) in [7, 11) is -4.72. The Labute approximate surface area is 276 Å². The van der Waals surface area contributed by atoms with Crippen LogP contribution in [0.3, 0.4) is 0 Å². The maximum Gasteiger partial charge on any atom is 0.348 e. The molecular formula is C34H56O10Si2. The molecule has 10 nitrogen and oxygen atoms in total. The van der Waals surface area contributed by atoms with Crippen LogP contribution in [0.1, 0.15) is 60.8 Å². The van der Waals surface area contributed by atoms with Gasteiger partial charge in [0, 0.05) is 22.7 Å². The fourth-order valence-electron chi connectivity index (χ4n) is 10.0. The SMILES string of the molecule is CC[C@](O)(CC(=O)O[C@H]1C(=O)O[C@@H]2C[C@H]3C(C)=CC(=O)[C@@H](O[Si](C)(C)C)[C@]3(C)[C@H]3[C@@]4(O[Si](C)(C)C)OC[C@]32[C@@H]1[C@@H](C)[C@H]4O)C(C)C. The van der Waals surface area contributed by atoms with E-state index in [1.165, 1.54) is 0 Å². The highest BCUT2D eigenvalue weighted by Crippen LogP contribution is 2.75. The van der Waals surface area contributed by atoms with Gasteiger partial charge in [0.15, 0.2) is 28.2 Å². The molecule has 2 N–H and O–H groups in total. The molecule has 2 bridgehead atoms. The van der Waals surface area contributed by atoms with Crippen LogP contribution in [0, 0.1) is 40.4 Å². The van der Waals surface area contributed by atoms with Gasteiger partial charge in [-0.25, -0.2) is 4.79 Å². The number of aliphatic hydroxyl groups is 2. The van der Waals surface area contributed by atoms with E-state index in [-0.39, 0.29) is 30.6 Å². The number of hydrogen-bond acceptors (Lipinski definition) is 10. The second kappa shape index (κ2) is 11.3. The minimum absolute atomic E-state index is 0.101. The zero-order valence-electron chi connectivity index (χ0n) is 29.8. The highest BCUT2D eigenvalue weighted by atomic mass is 28.4. The van der Waals surface area contributed by atoms with Crippen molar-refractivity contribution < 1.29 is 47.7 Å². The van der Waals surface area contributed by atoms with E-state index in [0.29, 0.717) is 12.8 Å². The molecule has 2 aliphatic heterocycles. The number of allylic oxidation sites excluding steroid dienone is 1. The summed E-state index contributed by atoms with van der Waals surface area (Å²) in [6, 6.07) is 0. The van der Waals surface area contributed by atoms with Crippen molar-refractivity contribution in [2.24, 2.45) is 40.4 Å². The molecule has 0 amide bonds. The molecule has 46 heavy (non-hydrogen) atoms. The van der Waals surface area contributed by atoms with Crippen LogP contribution in [0.25, 0.3) is 0 Å². The lowest BCUT2D eigenvalue weighted by Crippen LogP contribution is -2.79. The first-order valence-corrected chi connectivity index (χ1v) is 23.8. The third-order valence-corrected chi connectivity index (χ3v) is 13.8. The summed E-state index contributed by atoms with van der Waals surface area (Å²) < 4.78 is 32.9. The Morgan fingerprint density at radius 3 is 2.33 bits per heavy atom. The average molecular weight is 681 g/mol. The number of ketones is 1. The molecule has 0 radical (unpaired) electrons. The van der Waals surface area contributed by atoms with Gasteiger partial charge in [-0.2, -0.15) is 0 Å². The zero-order valence-corrected chi connectivity index (χ0v) is 31.8. The van der Waals surface area contributed by atoms with E-state index in [2.05, 4.69) is 26.6 Å². The maximum absolute atomic E-state index is 14.0. The van der Waals surface area contributed by atoms with E-state index in [1.807, 2.05) is 54.3 Å². The average Bonchev–Trinajstić information content (AvgIpc) is 3.21. The smallest absolute Gasteiger partial charge is 0.348 e. The normalized spacial score (nSPS) is 43.3. The predicted octanol–water partition coefficient (Wildman–Crippen LogP) is 4.59. The second-order valence-electron chi connectivity index (χ2n) is 17.3. The molecule has 12 atom stereocenters. The van der Waals surface area contributed by atoms with Gasteiger partial charge in [0.1, 0.15) is 18.3 Å². The molecule has 5 rings (SSSR count). The van der Waals surface area contributed by atoms with Crippen molar-refractivity contribution in [3.05, 3.63) is 11.6 Å². The van der Waals surface area contributed by atoms with Gasteiger partial charge in [-0.1, -0.05) is 40.2 Å². The number of hydrogen-bond donors (Lipinski definition) is 2. The summed E-state index contributed by atoms with van der Waals surface area (Å²) in [5.74, 6) is -5.33. The number of esters is 2. The summed E-state index contributed by atoms with van der Waals surface area (Å²) in [6.07, 6.45) is -1.82. The molecule has 4 fully saturated rings. The molecule has 5 aliphatic rings. The summed E-state index contributed by atoms with van der Waals surface area (Å²) in [5.41, 5.74) is -2.27. The third-order valence-electron chi connectivity index (χ3n) is 11.9. The molecular weight excluding hydrogens is 625 g/mol. The Morgan fingerprint density at radius 2 is 1.78 bits per heavy atom. The first kappa shape index (κ1) is 35.9. The van der Waals surface area contributed by atoms with E-state index in [4.69, 9.17) is 23.1 Å². The molecule has 260 valence electrons. The van der Waals surface area contributed by atoms with Crippen LogP contribution in [0.4, 0.5) is 0 Å². The van der Waals surface area contributed by atoms with E-state index in [9.17, 15) is 24.6 Å². The Kier molecular flexibility index (Phi) is 8.82. The van der Waals surface area contributed by atoms with Crippen LogP contribution >= 0.6 is 0 Å². The van der Waals surface area contributed by atoms with Crippen LogP contribution in [-0.2, 0) is 37.4 Å². The summed E-state index contributed by atoms with van der Waals surface area (Å²) >= 11 is 0. The molecule has 0 aromatic carbocycles. The Bertz CT molecular complexity index is 1300. The van der Waals surface area contributed by atoms with Crippen LogP contribution in [-0.4, -0.2) is 87.0 Å². The Hall–Kier alpha value is -1.42. The molecule has 3 aliphatic carbocycles. The van der Waals surface area contributed by atoms with Crippen molar-refractivity contribution in [3.63, 3.8) is 0 Å². The molecule has 1 spiro atoms. The van der Waals surface area contributed by atoms with Crippen molar-refractivity contribution >= 4 is 34.4 Å². The van der Waals surface area contributed by atoms with Crippen LogP contribution in [0.15, 0.2) is 11.6 Å². The molecule has 2 saturated heterocycles. The highest BCUT2D eigenvalue weighted by molar-refractivity contribution is 6.70. The fraction of sp³-hybridized carbons (Fsp3) is 0.853. The summed E-state index contributed by atoms with van der Waals surface area (Å²) in [6.45, 7) is 23.8. The maximum atomic E-state index is 14.0. The number of rotatable bonds is 9. The third kappa shape index (κ3) is 5.24. The summed E-state index contributed by atoms with van der Waals surface area (Å²) in [5, 5.41) is 23.6. The van der Waals surface area contributed by atoms with Gasteiger partial charge >= 0.3 is 11.9 Å².